The number of carbonyl (C=O) groups excluding carboxylic acids is 2. The number of rotatable bonds is 2. The second-order valence-corrected chi connectivity index (χ2v) is 8.09. The maximum atomic E-state index is 15.1. The number of nitrogens with zero attached hydrogens (tertiary/aromatic N) is 4. The molecule has 10 nitrogen and oxygen atoms in total. The Morgan fingerprint density at radius 2 is 1.97 bits per heavy atom. The normalized spacial score (nSPS) is 19.8. The number of phenols is 1. The van der Waals surface area contributed by atoms with E-state index in [1.165, 1.54) is 0 Å². The number of aromatic nitrogens is 2. The lowest BCUT2D eigenvalue weighted by molar-refractivity contribution is -0.117. The molecule has 2 N–H and O–H groups in total. The van der Waals surface area contributed by atoms with Gasteiger partial charge in [-0.2, -0.15) is 18.2 Å². The van der Waals surface area contributed by atoms with Crippen LogP contribution in [0.5, 0.6) is 5.75 Å². The summed E-state index contributed by atoms with van der Waals surface area (Å²) >= 11 is 0. The van der Waals surface area contributed by atoms with Gasteiger partial charge in [-0.1, -0.05) is 0 Å². The summed E-state index contributed by atoms with van der Waals surface area (Å²) in [6.45, 7) is -2.24. The number of hydrogen-bond acceptors (Lipinski definition) is 6. The number of nitrogens with one attached hydrogen (secondary N) is 1. The van der Waals surface area contributed by atoms with Crippen LogP contribution in [0.3, 0.4) is 0 Å². The number of benzene rings is 1. The molecule has 1 aromatic heterocycles. The molecule has 2 aliphatic heterocycles. The summed E-state index contributed by atoms with van der Waals surface area (Å²) in [4.78, 5) is 24.4. The molecule has 2 aliphatic rings. The molecule has 0 aliphatic carbocycles. The molecule has 0 atom stereocenters. The van der Waals surface area contributed by atoms with Crippen molar-refractivity contribution in [2.75, 3.05) is 23.9 Å². The Morgan fingerprint density at radius 3 is 2.55 bits per heavy atom. The number of aromatic hydroxyl groups is 1. The summed E-state index contributed by atoms with van der Waals surface area (Å²) in [7, 11) is -4.38. The van der Waals surface area contributed by atoms with Crippen molar-refractivity contribution in [2.24, 2.45) is 0 Å². The number of likely N-dealkylation sites (tertiary alicyclic amines) is 1. The molecule has 2 fully saturated rings. The van der Waals surface area contributed by atoms with Crippen molar-refractivity contribution in [3.63, 3.8) is 0 Å². The zero-order valence-corrected chi connectivity index (χ0v) is 15.2. The van der Waals surface area contributed by atoms with Crippen molar-refractivity contribution >= 4 is 27.8 Å². The minimum Gasteiger partial charge on any atom is -0.506 e. The average molecular weight is 431 g/mol. The monoisotopic (exact) mass is 431 g/mol. The Hall–Kier alpha value is -3.29. The van der Waals surface area contributed by atoms with Crippen molar-refractivity contribution < 1.29 is 36.3 Å². The van der Waals surface area contributed by atoms with Crippen molar-refractivity contribution in [2.45, 2.75) is 5.92 Å². The van der Waals surface area contributed by atoms with Crippen LogP contribution in [-0.2, 0) is 15.0 Å². The minimum atomic E-state index is -4.38. The molecule has 0 saturated carbocycles. The van der Waals surface area contributed by atoms with E-state index < -0.39 is 65.0 Å². The number of amides is 2. The molecule has 14 heteroatoms. The van der Waals surface area contributed by atoms with Crippen molar-refractivity contribution in [3.8, 4) is 16.9 Å². The molecule has 0 spiro atoms. The standard InChI is InChI=1S/C15H12F3N5O5S/c16-12-9(1-2-10(24)13(12)23-5-11(25)20-29(23,27)28)8-3-19-22(4-8)14(26)21-6-15(17,18)7-21/h1-4,24H,5-7H2,(H,20,25). The highest BCUT2D eigenvalue weighted by molar-refractivity contribution is 7.92. The molecular formula is C15H12F3N5O5S. The van der Waals surface area contributed by atoms with E-state index in [2.05, 4.69) is 5.10 Å². The largest absolute Gasteiger partial charge is 0.506 e. The van der Waals surface area contributed by atoms with E-state index in [0.717, 1.165) is 34.1 Å². The number of alkyl halides is 2. The van der Waals surface area contributed by atoms with E-state index in [-0.39, 0.29) is 11.1 Å². The molecule has 29 heavy (non-hydrogen) atoms. The average Bonchev–Trinajstić information content (AvgIpc) is 3.16. The van der Waals surface area contributed by atoms with Gasteiger partial charge in [0, 0.05) is 17.3 Å². The highest BCUT2D eigenvalue weighted by Crippen LogP contribution is 2.38. The quantitative estimate of drug-likeness (QED) is 0.713. The lowest BCUT2D eigenvalue weighted by Crippen LogP contribution is -2.59. The Morgan fingerprint density at radius 1 is 1.28 bits per heavy atom. The van der Waals surface area contributed by atoms with Gasteiger partial charge >= 0.3 is 16.2 Å². The predicted octanol–water partition coefficient (Wildman–Crippen LogP) is 0.495. The van der Waals surface area contributed by atoms with Crippen molar-refractivity contribution in [1.82, 2.24) is 19.4 Å². The van der Waals surface area contributed by atoms with Gasteiger partial charge in [0.25, 0.3) is 11.8 Å². The third kappa shape index (κ3) is 3.14. The number of anilines is 1. The maximum Gasteiger partial charge on any atom is 0.345 e. The fourth-order valence-electron chi connectivity index (χ4n) is 3.02. The zero-order valence-electron chi connectivity index (χ0n) is 14.3. The van der Waals surface area contributed by atoms with Crippen LogP contribution in [0, 0.1) is 5.82 Å². The molecule has 154 valence electrons. The first kappa shape index (κ1) is 19.0. The molecular weight excluding hydrogens is 419 g/mol. The van der Waals surface area contributed by atoms with Gasteiger partial charge in [0.15, 0.2) is 5.82 Å². The van der Waals surface area contributed by atoms with Crippen LogP contribution >= 0.6 is 0 Å². The molecule has 0 bridgehead atoms. The molecule has 3 heterocycles. The van der Waals surface area contributed by atoms with Gasteiger partial charge in [0.2, 0.25) is 0 Å². The van der Waals surface area contributed by atoms with Crippen LogP contribution in [0.1, 0.15) is 0 Å². The van der Waals surface area contributed by atoms with Crippen LogP contribution in [0.15, 0.2) is 24.5 Å². The lowest BCUT2D eigenvalue weighted by Gasteiger charge is -2.37. The number of halogens is 3. The summed E-state index contributed by atoms with van der Waals surface area (Å²) in [5.41, 5.74) is -0.942. The zero-order chi connectivity index (χ0) is 21.1. The van der Waals surface area contributed by atoms with Gasteiger partial charge in [-0.05, 0) is 12.1 Å². The van der Waals surface area contributed by atoms with Gasteiger partial charge in [-0.3, -0.25) is 4.79 Å². The smallest absolute Gasteiger partial charge is 0.345 e. The highest BCUT2D eigenvalue weighted by Gasteiger charge is 2.47. The van der Waals surface area contributed by atoms with Gasteiger partial charge in [-0.25, -0.2) is 27.0 Å². The van der Waals surface area contributed by atoms with E-state index >= 15 is 4.39 Å². The Kier molecular flexibility index (Phi) is 4.01. The summed E-state index contributed by atoms with van der Waals surface area (Å²) in [6, 6.07) is 1.30. The number of phenolic OH excluding ortho intramolecular Hbond substituents is 1. The summed E-state index contributed by atoms with van der Waals surface area (Å²) in [6.07, 6.45) is 2.16. The van der Waals surface area contributed by atoms with Gasteiger partial charge in [-0.15, -0.1) is 0 Å². The maximum absolute atomic E-state index is 15.1. The van der Waals surface area contributed by atoms with Crippen LogP contribution in [0.2, 0.25) is 0 Å². The molecule has 2 saturated heterocycles. The van der Waals surface area contributed by atoms with Crippen LogP contribution < -0.4 is 9.03 Å². The fourth-order valence-corrected chi connectivity index (χ4v) is 4.18. The third-order valence-electron chi connectivity index (χ3n) is 4.37. The first-order valence-corrected chi connectivity index (χ1v) is 9.49. The second-order valence-electron chi connectivity index (χ2n) is 6.50. The molecule has 0 unspecified atom stereocenters. The number of hydrogen-bond donors (Lipinski definition) is 2. The van der Waals surface area contributed by atoms with Gasteiger partial charge in [0.1, 0.15) is 18.0 Å². The van der Waals surface area contributed by atoms with Gasteiger partial charge in [0.05, 0.1) is 19.3 Å². The second kappa shape index (κ2) is 6.10. The van der Waals surface area contributed by atoms with E-state index in [4.69, 9.17) is 0 Å². The summed E-state index contributed by atoms with van der Waals surface area (Å²) in [5, 5.41) is 13.7. The van der Waals surface area contributed by atoms with Crippen molar-refractivity contribution in [1.29, 1.82) is 0 Å². The third-order valence-corrected chi connectivity index (χ3v) is 5.75. The van der Waals surface area contributed by atoms with Crippen molar-refractivity contribution in [3.05, 3.63) is 30.3 Å². The van der Waals surface area contributed by atoms with E-state index in [0.29, 0.717) is 4.31 Å². The summed E-state index contributed by atoms with van der Waals surface area (Å²) < 4.78 is 67.6. The Bertz CT molecular complexity index is 1140. The van der Waals surface area contributed by atoms with E-state index in [1.54, 1.807) is 4.72 Å². The van der Waals surface area contributed by atoms with E-state index in [1.807, 2.05) is 0 Å². The summed E-state index contributed by atoms with van der Waals surface area (Å²) in [5.74, 6) is -5.76. The lowest BCUT2D eigenvalue weighted by atomic mass is 10.1. The van der Waals surface area contributed by atoms with Crippen LogP contribution in [0.25, 0.3) is 11.1 Å². The molecule has 4 rings (SSSR count). The molecule has 1 aromatic carbocycles. The molecule has 0 radical (unpaired) electrons. The Labute approximate surface area is 161 Å². The predicted molar refractivity (Wildman–Crippen MR) is 91.0 cm³/mol. The first-order valence-electron chi connectivity index (χ1n) is 8.05. The van der Waals surface area contributed by atoms with E-state index in [9.17, 15) is 31.9 Å². The topological polar surface area (TPSA) is 125 Å². The molecule has 2 aromatic rings. The fraction of sp³-hybridized carbons (Fsp3) is 0.267. The van der Waals surface area contributed by atoms with Crippen LogP contribution in [-0.4, -0.2) is 65.7 Å². The minimum absolute atomic E-state index is 0.0280. The van der Waals surface area contributed by atoms with Gasteiger partial charge < -0.3 is 10.0 Å². The highest BCUT2D eigenvalue weighted by atomic mass is 32.2. The SMILES string of the molecule is O=C1CN(c2c(O)ccc(-c3cnn(C(=O)N4CC(F)(F)C4)c3)c2F)S(=O)(=O)N1. The first-order chi connectivity index (χ1) is 13.5. The number of carbonyl (C=O) groups is 2. The van der Waals surface area contributed by atoms with Crippen LogP contribution in [0.4, 0.5) is 23.7 Å². The molecule has 2 amide bonds. The Balaban J connectivity index is 1.68.